The zero-order valence-corrected chi connectivity index (χ0v) is 10.8. The summed E-state index contributed by atoms with van der Waals surface area (Å²) in [7, 11) is 0. The molecule has 17 heavy (non-hydrogen) atoms. The van der Waals surface area contributed by atoms with E-state index in [0.717, 1.165) is 0 Å². The average Bonchev–Trinajstić information content (AvgIpc) is 2.21. The largest absolute Gasteiger partial charge is 0.480 e. The molecule has 0 aliphatic heterocycles. The normalized spacial score (nSPS) is 11.1. The summed E-state index contributed by atoms with van der Waals surface area (Å²) >= 11 is 2.94. The van der Waals surface area contributed by atoms with Gasteiger partial charge in [0.05, 0.1) is 10.0 Å². The summed E-state index contributed by atoms with van der Waals surface area (Å²) in [5.74, 6) is -2.40. The molecule has 0 radical (unpaired) electrons. The van der Waals surface area contributed by atoms with E-state index in [1.54, 1.807) is 0 Å². The van der Waals surface area contributed by atoms with Crippen LogP contribution >= 0.6 is 15.9 Å². The first-order chi connectivity index (χ1) is 7.75. The van der Waals surface area contributed by atoms with Gasteiger partial charge in [-0.3, -0.25) is 4.79 Å². The molecule has 1 aromatic carbocycles. The number of rotatable bonds is 3. The first-order valence-electron chi connectivity index (χ1n) is 4.75. The number of nitrogens with one attached hydrogen (secondary N) is 1. The zero-order chi connectivity index (χ0) is 13.2. The molecule has 0 aromatic heterocycles. The Balaban J connectivity index is 2.99. The second-order valence-electron chi connectivity index (χ2n) is 3.99. The molecule has 0 bridgehead atoms. The summed E-state index contributed by atoms with van der Waals surface area (Å²) in [4.78, 5) is 22.6. The highest BCUT2D eigenvalue weighted by atomic mass is 79.9. The van der Waals surface area contributed by atoms with Gasteiger partial charge in [0.1, 0.15) is 11.4 Å². The number of benzene rings is 1. The topological polar surface area (TPSA) is 66.4 Å². The van der Waals surface area contributed by atoms with Crippen molar-refractivity contribution in [2.75, 3.05) is 0 Å². The average molecular weight is 304 g/mol. The third-order valence-electron chi connectivity index (χ3n) is 2.16. The van der Waals surface area contributed by atoms with Crippen molar-refractivity contribution in [1.29, 1.82) is 0 Å². The summed E-state index contributed by atoms with van der Waals surface area (Å²) < 4.78 is 13.2. The van der Waals surface area contributed by atoms with E-state index in [1.165, 1.54) is 32.0 Å². The fourth-order valence-corrected chi connectivity index (χ4v) is 1.53. The minimum absolute atomic E-state index is 0.0127. The van der Waals surface area contributed by atoms with Gasteiger partial charge < -0.3 is 10.4 Å². The summed E-state index contributed by atoms with van der Waals surface area (Å²) in [5, 5.41) is 11.2. The number of amides is 1. The van der Waals surface area contributed by atoms with Gasteiger partial charge >= 0.3 is 5.97 Å². The minimum atomic E-state index is -1.41. The van der Waals surface area contributed by atoms with Crippen LogP contribution in [-0.4, -0.2) is 22.5 Å². The molecule has 0 heterocycles. The Labute approximate surface area is 106 Å². The molecule has 0 fully saturated rings. The molecule has 1 amide bonds. The number of halogens is 2. The highest BCUT2D eigenvalue weighted by molar-refractivity contribution is 9.10. The fourth-order valence-electron chi connectivity index (χ4n) is 1.08. The van der Waals surface area contributed by atoms with Gasteiger partial charge in [0.2, 0.25) is 0 Å². The van der Waals surface area contributed by atoms with Crippen molar-refractivity contribution >= 4 is 27.8 Å². The van der Waals surface area contributed by atoms with E-state index in [4.69, 9.17) is 5.11 Å². The van der Waals surface area contributed by atoms with Crippen LogP contribution in [-0.2, 0) is 4.79 Å². The van der Waals surface area contributed by atoms with E-state index in [9.17, 15) is 14.0 Å². The zero-order valence-electron chi connectivity index (χ0n) is 9.25. The van der Waals surface area contributed by atoms with Crippen LogP contribution in [0.25, 0.3) is 0 Å². The highest BCUT2D eigenvalue weighted by Crippen LogP contribution is 2.20. The van der Waals surface area contributed by atoms with Crippen LogP contribution in [0.3, 0.4) is 0 Å². The van der Waals surface area contributed by atoms with Crippen LogP contribution in [0.5, 0.6) is 0 Å². The van der Waals surface area contributed by atoms with Crippen molar-refractivity contribution < 1.29 is 19.1 Å². The van der Waals surface area contributed by atoms with Crippen LogP contribution in [0.2, 0.25) is 0 Å². The van der Waals surface area contributed by atoms with Gasteiger partial charge in [-0.15, -0.1) is 0 Å². The SMILES string of the molecule is CC(C)(NC(=O)c1cccc(F)c1Br)C(=O)O. The predicted octanol–water partition coefficient (Wildman–Crippen LogP) is 2.18. The van der Waals surface area contributed by atoms with Gasteiger partial charge in [0.15, 0.2) is 0 Å². The lowest BCUT2D eigenvalue weighted by molar-refractivity contribution is -0.143. The Hall–Kier alpha value is -1.43. The lowest BCUT2D eigenvalue weighted by Crippen LogP contribution is -2.49. The van der Waals surface area contributed by atoms with Crippen molar-refractivity contribution in [2.45, 2.75) is 19.4 Å². The van der Waals surface area contributed by atoms with Gasteiger partial charge in [-0.05, 0) is 41.9 Å². The summed E-state index contributed by atoms with van der Waals surface area (Å²) in [6.45, 7) is 2.70. The van der Waals surface area contributed by atoms with Crippen LogP contribution in [0.15, 0.2) is 22.7 Å². The molecule has 0 aliphatic rings. The van der Waals surface area contributed by atoms with Crippen LogP contribution in [0.1, 0.15) is 24.2 Å². The lowest BCUT2D eigenvalue weighted by atomic mass is 10.1. The summed E-state index contributed by atoms with van der Waals surface area (Å²) in [5.41, 5.74) is -1.36. The summed E-state index contributed by atoms with van der Waals surface area (Å²) in [6, 6.07) is 3.98. The van der Waals surface area contributed by atoms with Crippen LogP contribution < -0.4 is 5.32 Å². The second kappa shape index (κ2) is 4.83. The molecule has 0 spiro atoms. The Morgan fingerprint density at radius 2 is 2.00 bits per heavy atom. The maximum Gasteiger partial charge on any atom is 0.328 e. The Morgan fingerprint density at radius 3 is 2.53 bits per heavy atom. The third-order valence-corrected chi connectivity index (χ3v) is 2.96. The Kier molecular flexibility index (Phi) is 3.87. The number of carboxylic acids is 1. The molecule has 0 saturated heterocycles. The maximum atomic E-state index is 13.2. The number of aliphatic carboxylic acids is 1. The Bertz CT molecular complexity index is 474. The van der Waals surface area contributed by atoms with Crippen LogP contribution in [0, 0.1) is 5.82 Å². The standard InChI is InChI=1S/C11H11BrFNO3/c1-11(2,10(16)17)14-9(15)6-4-3-5-7(13)8(6)12/h3-5H,1-2H3,(H,14,15)(H,16,17). The van der Waals surface area contributed by atoms with Gasteiger partial charge in [-0.2, -0.15) is 0 Å². The molecule has 1 aromatic rings. The van der Waals surface area contributed by atoms with E-state index in [-0.39, 0.29) is 10.0 Å². The summed E-state index contributed by atoms with van der Waals surface area (Å²) in [6.07, 6.45) is 0. The van der Waals surface area contributed by atoms with E-state index in [0.29, 0.717) is 0 Å². The van der Waals surface area contributed by atoms with Crippen molar-refractivity contribution in [1.82, 2.24) is 5.32 Å². The number of carbonyl (C=O) groups is 2. The first-order valence-corrected chi connectivity index (χ1v) is 5.55. The molecule has 0 atom stereocenters. The molecular weight excluding hydrogens is 293 g/mol. The Morgan fingerprint density at radius 1 is 1.41 bits per heavy atom. The number of carboxylic acid groups (broad SMARTS) is 1. The minimum Gasteiger partial charge on any atom is -0.480 e. The third kappa shape index (κ3) is 3.03. The molecule has 1 rings (SSSR count). The monoisotopic (exact) mass is 303 g/mol. The van der Waals surface area contributed by atoms with E-state index in [2.05, 4.69) is 21.2 Å². The van der Waals surface area contributed by atoms with E-state index >= 15 is 0 Å². The molecule has 0 saturated carbocycles. The quantitative estimate of drug-likeness (QED) is 0.899. The van der Waals surface area contributed by atoms with Gasteiger partial charge in [-0.25, -0.2) is 9.18 Å². The van der Waals surface area contributed by atoms with Crippen molar-refractivity contribution in [2.24, 2.45) is 0 Å². The first kappa shape index (κ1) is 13.6. The fraction of sp³-hybridized carbons (Fsp3) is 0.273. The maximum absolute atomic E-state index is 13.2. The number of carbonyl (C=O) groups excluding carboxylic acids is 1. The van der Waals surface area contributed by atoms with Gasteiger partial charge in [-0.1, -0.05) is 6.07 Å². The highest BCUT2D eigenvalue weighted by Gasteiger charge is 2.30. The molecular formula is C11H11BrFNO3. The van der Waals surface area contributed by atoms with Crippen molar-refractivity contribution in [3.63, 3.8) is 0 Å². The van der Waals surface area contributed by atoms with Crippen LogP contribution in [0.4, 0.5) is 4.39 Å². The number of hydrogen-bond donors (Lipinski definition) is 2. The second-order valence-corrected chi connectivity index (χ2v) is 4.78. The molecule has 0 unspecified atom stereocenters. The van der Waals surface area contributed by atoms with Crippen molar-refractivity contribution in [3.8, 4) is 0 Å². The molecule has 6 heteroatoms. The van der Waals surface area contributed by atoms with E-state index in [1.807, 2.05) is 0 Å². The van der Waals surface area contributed by atoms with E-state index < -0.39 is 23.2 Å². The predicted molar refractivity (Wildman–Crippen MR) is 63.3 cm³/mol. The number of hydrogen-bond acceptors (Lipinski definition) is 2. The van der Waals surface area contributed by atoms with Crippen molar-refractivity contribution in [3.05, 3.63) is 34.1 Å². The smallest absolute Gasteiger partial charge is 0.328 e. The van der Waals surface area contributed by atoms with Gasteiger partial charge in [0, 0.05) is 0 Å². The molecule has 0 aliphatic carbocycles. The molecule has 4 nitrogen and oxygen atoms in total. The molecule has 2 N–H and O–H groups in total. The molecule has 92 valence electrons. The lowest BCUT2D eigenvalue weighted by Gasteiger charge is -2.21. The van der Waals surface area contributed by atoms with Gasteiger partial charge in [0.25, 0.3) is 5.91 Å².